The molecule has 0 spiro atoms. The van der Waals surface area contributed by atoms with Crippen molar-refractivity contribution in [3.8, 4) is 5.75 Å². The maximum Gasteiger partial charge on any atom is 0.263 e. The Hall–Kier alpha value is -1.10. The average molecular weight is 299 g/mol. The third kappa shape index (κ3) is 3.19. The van der Waals surface area contributed by atoms with Crippen LogP contribution in [0.3, 0.4) is 0 Å². The number of likely N-dealkylation sites (tertiary alicyclic amines) is 1. The van der Waals surface area contributed by atoms with Crippen molar-refractivity contribution in [3.05, 3.63) is 22.9 Å². The van der Waals surface area contributed by atoms with E-state index in [1.807, 2.05) is 4.90 Å². The van der Waals surface area contributed by atoms with Crippen molar-refractivity contribution in [3.63, 3.8) is 0 Å². The molecule has 1 aromatic heterocycles. The second-order valence-electron chi connectivity index (χ2n) is 4.13. The Balaban J connectivity index is 1.96. The second-order valence-corrected chi connectivity index (χ2v) is 5.05. The van der Waals surface area contributed by atoms with Crippen molar-refractivity contribution in [2.24, 2.45) is 0 Å². The molecular weight excluding hydrogens is 284 g/mol. The fourth-order valence-corrected chi connectivity index (χ4v) is 2.25. The minimum absolute atomic E-state index is 0.0578. The summed E-state index contributed by atoms with van der Waals surface area (Å²) < 4.78 is 6.43. The SMILES string of the molecule is CC(Oc1cncc(Br)c1)C(=O)N1CCCC1. The highest BCUT2D eigenvalue weighted by Crippen LogP contribution is 2.18. The van der Waals surface area contributed by atoms with Crippen molar-refractivity contribution >= 4 is 21.8 Å². The lowest BCUT2D eigenvalue weighted by Crippen LogP contribution is -2.38. The number of hydrogen-bond donors (Lipinski definition) is 0. The summed E-state index contributed by atoms with van der Waals surface area (Å²) in [5.74, 6) is 0.668. The minimum atomic E-state index is -0.454. The number of aromatic nitrogens is 1. The van der Waals surface area contributed by atoms with Gasteiger partial charge in [0.1, 0.15) is 5.75 Å². The molecule has 0 aromatic carbocycles. The molecule has 17 heavy (non-hydrogen) atoms. The van der Waals surface area contributed by atoms with Gasteiger partial charge in [0.05, 0.1) is 6.20 Å². The summed E-state index contributed by atoms with van der Waals surface area (Å²) in [6.45, 7) is 3.48. The smallest absolute Gasteiger partial charge is 0.263 e. The Labute approximate surface area is 109 Å². The molecule has 0 aliphatic carbocycles. The van der Waals surface area contributed by atoms with Crippen LogP contribution < -0.4 is 4.74 Å². The first kappa shape index (κ1) is 12.4. The van der Waals surface area contributed by atoms with Crippen LogP contribution in [-0.2, 0) is 4.79 Å². The summed E-state index contributed by atoms with van der Waals surface area (Å²) in [4.78, 5) is 17.9. The van der Waals surface area contributed by atoms with E-state index in [2.05, 4.69) is 20.9 Å². The zero-order chi connectivity index (χ0) is 12.3. The molecule has 0 saturated carbocycles. The van der Waals surface area contributed by atoms with Crippen LogP contribution in [0, 0.1) is 0 Å². The number of carbonyl (C=O) groups is 1. The van der Waals surface area contributed by atoms with Gasteiger partial charge in [0.25, 0.3) is 5.91 Å². The van der Waals surface area contributed by atoms with E-state index in [1.165, 1.54) is 0 Å². The van der Waals surface area contributed by atoms with Crippen LogP contribution >= 0.6 is 15.9 Å². The maximum atomic E-state index is 12.0. The van der Waals surface area contributed by atoms with Crippen LogP contribution in [0.25, 0.3) is 0 Å². The highest BCUT2D eigenvalue weighted by atomic mass is 79.9. The average Bonchev–Trinajstić information content (AvgIpc) is 2.81. The van der Waals surface area contributed by atoms with E-state index in [-0.39, 0.29) is 5.91 Å². The van der Waals surface area contributed by atoms with Gasteiger partial charge in [0, 0.05) is 23.8 Å². The summed E-state index contributed by atoms with van der Waals surface area (Å²) >= 11 is 3.32. The summed E-state index contributed by atoms with van der Waals surface area (Å²) in [5.41, 5.74) is 0. The van der Waals surface area contributed by atoms with E-state index in [9.17, 15) is 4.79 Å². The van der Waals surface area contributed by atoms with Gasteiger partial charge >= 0.3 is 0 Å². The standard InChI is InChI=1S/C12H15BrN2O2/c1-9(12(16)15-4-2-3-5-15)17-11-6-10(13)7-14-8-11/h6-9H,2-5H2,1H3. The summed E-state index contributed by atoms with van der Waals surface area (Å²) in [6, 6.07) is 1.81. The molecule has 1 atom stereocenters. The molecule has 92 valence electrons. The van der Waals surface area contributed by atoms with E-state index in [1.54, 1.807) is 25.4 Å². The van der Waals surface area contributed by atoms with E-state index in [4.69, 9.17) is 4.74 Å². The molecule has 1 saturated heterocycles. The molecule has 0 bridgehead atoms. The monoisotopic (exact) mass is 298 g/mol. The van der Waals surface area contributed by atoms with E-state index < -0.39 is 6.10 Å². The molecule has 1 aliphatic heterocycles. The Morgan fingerprint density at radius 1 is 1.47 bits per heavy atom. The number of rotatable bonds is 3. The molecule has 1 unspecified atom stereocenters. The molecule has 1 amide bonds. The number of nitrogens with zero attached hydrogens (tertiary/aromatic N) is 2. The van der Waals surface area contributed by atoms with E-state index in [0.29, 0.717) is 5.75 Å². The van der Waals surface area contributed by atoms with Crippen LogP contribution in [0.4, 0.5) is 0 Å². The Morgan fingerprint density at radius 3 is 2.82 bits per heavy atom. The van der Waals surface area contributed by atoms with Gasteiger partial charge in [-0.05, 0) is 41.8 Å². The number of pyridine rings is 1. The molecule has 1 aromatic rings. The maximum absolute atomic E-state index is 12.0. The van der Waals surface area contributed by atoms with Gasteiger partial charge in [0.15, 0.2) is 6.10 Å². The fraction of sp³-hybridized carbons (Fsp3) is 0.500. The number of halogens is 1. The van der Waals surface area contributed by atoms with Crippen molar-refractivity contribution in [2.45, 2.75) is 25.9 Å². The van der Waals surface area contributed by atoms with Gasteiger partial charge in [-0.2, -0.15) is 0 Å². The number of carbonyl (C=O) groups excluding carboxylic acids is 1. The van der Waals surface area contributed by atoms with Gasteiger partial charge in [-0.1, -0.05) is 0 Å². The van der Waals surface area contributed by atoms with Crippen LogP contribution in [-0.4, -0.2) is 35.0 Å². The molecule has 0 radical (unpaired) electrons. The first-order valence-corrected chi connectivity index (χ1v) is 6.52. The molecule has 2 heterocycles. The van der Waals surface area contributed by atoms with E-state index in [0.717, 1.165) is 30.4 Å². The van der Waals surface area contributed by atoms with E-state index >= 15 is 0 Å². The van der Waals surface area contributed by atoms with Gasteiger partial charge in [0.2, 0.25) is 0 Å². The zero-order valence-corrected chi connectivity index (χ0v) is 11.3. The van der Waals surface area contributed by atoms with Crippen molar-refractivity contribution < 1.29 is 9.53 Å². The molecule has 1 fully saturated rings. The first-order chi connectivity index (χ1) is 8.16. The molecule has 1 aliphatic rings. The highest BCUT2D eigenvalue weighted by molar-refractivity contribution is 9.10. The number of hydrogen-bond acceptors (Lipinski definition) is 3. The Bertz CT molecular complexity index is 405. The lowest BCUT2D eigenvalue weighted by atomic mass is 10.3. The summed E-state index contributed by atoms with van der Waals surface area (Å²) in [6.07, 6.45) is 5.02. The number of amides is 1. The van der Waals surface area contributed by atoms with Gasteiger partial charge in [-0.25, -0.2) is 0 Å². The molecular formula is C12H15BrN2O2. The Morgan fingerprint density at radius 2 is 2.18 bits per heavy atom. The first-order valence-electron chi connectivity index (χ1n) is 5.73. The van der Waals surface area contributed by atoms with Crippen LogP contribution in [0.5, 0.6) is 5.75 Å². The lowest BCUT2D eigenvalue weighted by Gasteiger charge is -2.21. The molecule has 4 nitrogen and oxygen atoms in total. The van der Waals surface area contributed by atoms with Gasteiger partial charge < -0.3 is 9.64 Å². The highest BCUT2D eigenvalue weighted by Gasteiger charge is 2.24. The largest absolute Gasteiger partial charge is 0.479 e. The predicted octanol–water partition coefficient (Wildman–Crippen LogP) is 2.23. The number of ether oxygens (including phenoxy) is 1. The summed E-state index contributed by atoms with van der Waals surface area (Å²) in [5, 5.41) is 0. The summed E-state index contributed by atoms with van der Waals surface area (Å²) in [7, 11) is 0. The third-order valence-electron chi connectivity index (χ3n) is 2.76. The molecule has 0 N–H and O–H groups in total. The Kier molecular flexibility index (Phi) is 3.99. The lowest BCUT2D eigenvalue weighted by molar-refractivity contribution is -0.136. The quantitative estimate of drug-likeness (QED) is 0.859. The normalized spacial score (nSPS) is 16.9. The zero-order valence-electron chi connectivity index (χ0n) is 9.73. The molecule has 2 rings (SSSR count). The predicted molar refractivity (Wildman–Crippen MR) is 67.8 cm³/mol. The third-order valence-corrected chi connectivity index (χ3v) is 3.19. The van der Waals surface area contributed by atoms with Crippen LogP contribution in [0.2, 0.25) is 0 Å². The van der Waals surface area contributed by atoms with Crippen molar-refractivity contribution in [2.75, 3.05) is 13.1 Å². The van der Waals surface area contributed by atoms with Gasteiger partial charge in [-0.3, -0.25) is 9.78 Å². The topological polar surface area (TPSA) is 42.4 Å². The fourth-order valence-electron chi connectivity index (χ4n) is 1.91. The second kappa shape index (κ2) is 5.49. The minimum Gasteiger partial charge on any atom is -0.479 e. The van der Waals surface area contributed by atoms with Crippen molar-refractivity contribution in [1.29, 1.82) is 0 Å². The van der Waals surface area contributed by atoms with Crippen LogP contribution in [0.1, 0.15) is 19.8 Å². The molecule has 5 heteroatoms. The van der Waals surface area contributed by atoms with Crippen molar-refractivity contribution in [1.82, 2.24) is 9.88 Å². The van der Waals surface area contributed by atoms with Crippen LogP contribution in [0.15, 0.2) is 22.9 Å². The van der Waals surface area contributed by atoms with Gasteiger partial charge in [-0.15, -0.1) is 0 Å².